The van der Waals surface area contributed by atoms with E-state index < -0.39 is 0 Å². The van der Waals surface area contributed by atoms with Crippen molar-refractivity contribution in [3.8, 4) is 5.75 Å². The molecule has 3 N–H and O–H groups in total. The Kier molecular flexibility index (Phi) is 10.0. The molecule has 3 amide bonds. The number of morpholine rings is 1. The number of likely N-dealkylation sites (tertiary alicyclic amines) is 1. The van der Waals surface area contributed by atoms with E-state index >= 15 is 0 Å². The maximum Gasteiger partial charge on any atom is 0.343 e. The summed E-state index contributed by atoms with van der Waals surface area (Å²) in [4.78, 5) is 34.3. The summed E-state index contributed by atoms with van der Waals surface area (Å²) in [5, 5.41) is 4.26. The van der Waals surface area contributed by atoms with Crippen molar-refractivity contribution in [3.63, 3.8) is 0 Å². The van der Waals surface area contributed by atoms with Gasteiger partial charge in [0.05, 0.1) is 32.0 Å². The molecule has 11 heteroatoms. The van der Waals surface area contributed by atoms with Gasteiger partial charge < -0.3 is 25.4 Å². The summed E-state index contributed by atoms with van der Waals surface area (Å²) in [6.45, 7) is 7.49. The largest absolute Gasteiger partial charge is 0.493 e. The summed E-state index contributed by atoms with van der Waals surface area (Å²) < 4.78 is 12.3. The molecule has 0 radical (unpaired) electrons. The smallest absolute Gasteiger partial charge is 0.343 e. The highest BCUT2D eigenvalue weighted by Gasteiger charge is 2.28. The van der Waals surface area contributed by atoms with E-state index in [0.717, 1.165) is 49.1 Å². The second-order valence-corrected chi connectivity index (χ2v) is 9.82. The van der Waals surface area contributed by atoms with Gasteiger partial charge in [0.25, 0.3) is 5.91 Å². The number of carbonyl (C=O) groups is 2. The first-order chi connectivity index (χ1) is 16.3. The van der Waals surface area contributed by atoms with Gasteiger partial charge in [-0.3, -0.25) is 14.5 Å². The number of ether oxygens (including phenoxy) is 2. The first-order valence-corrected chi connectivity index (χ1v) is 12.8. The Morgan fingerprint density at radius 3 is 2.71 bits per heavy atom. The molecular weight excluding hydrogens is 553 g/mol. The van der Waals surface area contributed by atoms with Gasteiger partial charge in [-0.1, -0.05) is 0 Å². The fraction of sp³-hybridized carbons (Fsp3) is 0.652. The number of benzene rings is 1. The van der Waals surface area contributed by atoms with E-state index in [1.54, 1.807) is 19.2 Å². The molecule has 1 unspecified atom stereocenters. The number of nitrogens with two attached hydrogens (primary N) is 1. The first kappa shape index (κ1) is 26.8. The van der Waals surface area contributed by atoms with E-state index in [1.165, 1.54) is 12.2 Å². The van der Waals surface area contributed by atoms with Gasteiger partial charge in [-0.05, 0) is 54.3 Å². The van der Waals surface area contributed by atoms with Crippen molar-refractivity contribution in [1.29, 1.82) is 0 Å². The minimum atomic E-state index is -0.194. The Labute approximate surface area is 215 Å². The van der Waals surface area contributed by atoms with Crippen molar-refractivity contribution >= 4 is 40.2 Å². The Bertz CT molecular complexity index is 849. The second kappa shape index (κ2) is 12.8. The van der Waals surface area contributed by atoms with Crippen LogP contribution < -0.4 is 15.8 Å². The molecule has 0 spiro atoms. The summed E-state index contributed by atoms with van der Waals surface area (Å²) >= 11 is 2.12. The highest BCUT2D eigenvalue weighted by Crippen LogP contribution is 2.27. The Balaban J connectivity index is 1.46. The SMILES string of the molecule is CCOc1cc(N)c(I)cc1C(=O)NCC1CN(CC2CCN(C(=O)N(C)OC)CC2)CCO1. The molecule has 1 aromatic carbocycles. The number of hydrogen-bond donors (Lipinski definition) is 2. The van der Waals surface area contributed by atoms with Crippen molar-refractivity contribution in [1.82, 2.24) is 20.2 Å². The molecule has 34 heavy (non-hydrogen) atoms. The third kappa shape index (κ3) is 7.09. The van der Waals surface area contributed by atoms with Crippen LogP contribution in [0.5, 0.6) is 5.75 Å². The number of anilines is 1. The number of rotatable bonds is 8. The van der Waals surface area contributed by atoms with Crippen molar-refractivity contribution in [2.45, 2.75) is 25.9 Å². The Morgan fingerprint density at radius 1 is 1.29 bits per heavy atom. The quantitative estimate of drug-likeness (QED) is 0.272. The van der Waals surface area contributed by atoms with E-state index in [0.29, 0.717) is 42.7 Å². The highest BCUT2D eigenvalue weighted by molar-refractivity contribution is 14.1. The van der Waals surface area contributed by atoms with E-state index in [2.05, 4.69) is 32.8 Å². The fourth-order valence-electron chi connectivity index (χ4n) is 4.34. The lowest BCUT2D eigenvalue weighted by Crippen LogP contribution is -2.50. The Morgan fingerprint density at radius 2 is 2.03 bits per heavy atom. The van der Waals surface area contributed by atoms with Crippen molar-refractivity contribution in [2.24, 2.45) is 5.92 Å². The standard InChI is InChI=1S/C23H36IN5O5/c1-4-33-21-12-20(25)19(24)11-18(21)22(30)26-13-17-15-28(9-10-34-17)14-16-5-7-29(8-6-16)23(31)27(2)32-3/h11-12,16-17H,4-10,13-15,25H2,1-3H3,(H,26,30). The van der Waals surface area contributed by atoms with E-state index in [4.69, 9.17) is 20.0 Å². The zero-order valence-electron chi connectivity index (χ0n) is 20.2. The normalized spacial score (nSPS) is 19.6. The molecule has 0 bridgehead atoms. The zero-order chi connectivity index (χ0) is 24.7. The molecule has 3 rings (SSSR count). The molecule has 2 aliphatic rings. The Hall–Kier alpha value is -1.83. The van der Waals surface area contributed by atoms with Crippen molar-refractivity contribution in [2.75, 3.05) is 72.4 Å². The van der Waals surface area contributed by atoms with Gasteiger partial charge in [0.2, 0.25) is 0 Å². The molecule has 190 valence electrons. The number of nitrogens with one attached hydrogen (secondary N) is 1. The lowest BCUT2D eigenvalue weighted by molar-refractivity contribution is -0.0785. The molecule has 0 aliphatic carbocycles. The van der Waals surface area contributed by atoms with Crippen LogP contribution in [0.2, 0.25) is 0 Å². The molecule has 0 saturated carbocycles. The number of hydroxylamine groups is 2. The minimum Gasteiger partial charge on any atom is -0.493 e. The third-order valence-corrected chi connectivity index (χ3v) is 7.24. The van der Waals surface area contributed by atoms with Crippen molar-refractivity contribution in [3.05, 3.63) is 21.3 Å². The monoisotopic (exact) mass is 589 g/mol. The van der Waals surface area contributed by atoms with Gasteiger partial charge in [0, 0.05) is 61.6 Å². The van der Waals surface area contributed by atoms with Crippen LogP contribution in [-0.2, 0) is 9.57 Å². The zero-order valence-corrected chi connectivity index (χ0v) is 22.4. The number of halogens is 1. The molecule has 2 heterocycles. The van der Waals surface area contributed by atoms with Crippen LogP contribution in [0, 0.1) is 9.49 Å². The van der Waals surface area contributed by atoms with Crippen LogP contribution in [0.1, 0.15) is 30.1 Å². The fourth-order valence-corrected chi connectivity index (χ4v) is 4.81. The summed E-state index contributed by atoms with van der Waals surface area (Å²) in [7, 11) is 3.13. The number of amides is 3. The highest BCUT2D eigenvalue weighted by atomic mass is 127. The number of piperidine rings is 1. The van der Waals surface area contributed by atoms with Gasteiger partial charge >= 0.3 is 6.03 Å². The van der Waals surface area contributed by atoms with Gasteiger partial charge in [-0.2, -0.15) is 0 Å². The molecule has 10 nitrogen and oxygen atoms in total. The third-order valence-electron chi connectivity index (χ3n) is 6.30. The topological polar surface area (TPSA) is 110 Å². The summed E-state index contributed by atoms with van der Waals surface area (Å²) in [6.07, 6.45) is 1.87. The van der Waals surface area contributed by atoms with Crippen LogP contribution in [0.15, 0.2) is 12.1 Å². The molecule has 1 aromatic rings. The maximum absolute atomic E-state index is 12.9. The molecule has 2 aliphatic heterocycles. The maximum atomic E-state index is 12.9. The van der Waals surface area contributed by atoms with Crippen LogP contribution in [0.4, 0.5) is 10.5 Å². The lowest BCUT2D eigenvalue weighted by Gasteiger charge is -2.38. The van der Waals surface area contributed by atoms with E-state index in [9.17, 15) is 9.59 Å². The minimum absolute atomic E-state index is 0.0712. The van der Waals surface area contributed by atoms with Gasteiger partial charge in [-0.25, -0.2) is 9.86 Å². The lowest BCUT2D eigenvalue weighted by atomic mass is 9.96. The molecule has 2 fully saturated rings. The summed E-state index contributed by atoms with van der Waals surface area (Å²) in [5.41, 5.74) is 7.04. The van der Waals surface area contributed by atoms with E-state index in [-0.39, 0.29) is 18.0 Å². The number of carbonyl (C=O) groups excluding carboxylic acids is 2. The number of nitrogen functional groups attached to an aromatic ring is 1. The summed E-state index contributed by atoms with van der Waals surface area (Å²) in [5.74, 6) is 0.835. The molecule has 0 aromatic heterocycles. The number of hydrogen-bond acceptors (Lipinski definition) is 7. The predicted molar refractivity (Wildman–Crippen MR) is 138 cm³/mol. The van der Waals surface area contributed by atoms with Gasteiger partial charge in [0.15, 0.2) is 0 Å². The van der Waals surface area contributed by atoms with Crippen LogP contribution in [0.25, 0.3) is 0 Å². The number of nitrogens with zero attached hydrogens (tertiary/aromatic N) is 3. The van der Waals surface area contributed by atoms with Crippen molar-refractivity contribution < 1.29 is 23.9 Å². The molecular formula is C23H36IN5O5. The van der Waals surface area contributed by atoms with Crippen LogP contribution in [0.3, 0.4) is 0 Å². The molecule has 1 atom stereocenters. The predicted octanol–water partition coefficient (Wildman–Crippen LogP) is 2.03. The summed E-state index contributed by atoms with van der Waals surface area (Å²) in [6, 6.07) is 3.36. The van der Waals surface area contributed by atoms with Gasteiger partial charge in [-0.15, -0.1) is 0 Å². The van der Waals surface area contributed by atoms with Crippen LogP contribution in [-0.4, -0.2) is 99.5 Å². The average molecular weight is 589 g/mol. The van der Waals surface area contributed by atoms with Gasteiger partial charge in [0.1, 0.15) is 5.75 Å². The average Bonchev–Trinajstić information content (AvgIpc) is 2.84. The second-order valence-electron chi connectivity index (χ2n) is 8.66. The molecule has 2 saturated heterocycles. The van der Waals surface area contributed by atoms with Crippen LogP contribution >= 0.6 is 22.6 Å². The number of urea groups is 1. The first-order valence-electron chi connectivity index (χ1n) is 11.7. The van der Waals surface area contributed by atoms with E-state index in [1.807, 2.05) is 11.8 Å².